The Labute approximate surface area is 187 Å². The Morgan fingerprint density at radius 3 is 2.52 bits per heavy atom. The van der Waals surface area contributed by atoms with Gasteiger partial charge in [0.25, 0.3) is 5.91 Å². The molecule has 31 heavy (non-hydrogen) atoms. The number of rotatable bonds is 7. The zero-order chi connectivity index (χ0) is 22.5. The lowest BCUT2D eigenvalue weighted by molar-refractivity contribution is -0.119. The van der Waals surface area contributed by atoms with Crippen LogP contribution >= 0.6 is 23.2 Å². The Kier molecular flexibility index (Phi) is 7.01. The summed E-state index contributed by atoms with van der Waals surface area (Å²) in [6.45, 7) is -0.282. The molecule has 0 radical (unpaired) electrons. The molecule has 0 unspecified atom stereocenters. The molecular weight excluding hydrogens is 443 g/mol. The number of nitrogens with zero attached hydrogens (tertiary/aromatic N) is 3. The van der Waals surface area contributed by atoms with E-state index in [2.05, 4.69) is 20.7 Å². The molecule has 0 fully saturated rings. The number of hydrogen-bond acceptors (Lipinski definition) is 6. The molecule has 0 aliphatic heterocycles. The second-order valence-corrected chi connectivity index (χ2v) is 7.14. The van der Waals surface area contributed by atoms with Gasteiger partial charge >= 0.3 is 0 Å². The SMILES string of the molecule is CNC(=O)c1nc(CNC(=O)CN)n(-c2ccc(Cl)cc2C(=O)c2ccccc2Cl)n1. The molecule has 0 aliphatic carbocycles. The lowest BCUT2D eigenvalue weighted by Crippen LogP contribution is -2.30. The summed E-state index contributed by atoms with van der Waals surface area (Å²) in [5, 5.41) is 9.84. The Hall–Kier alpha value is -3.27. The van der Waals surface area contributed by atoms with E-state index in [0.29, 0.717) is 10.7 Å². The predicted octanol–water partition coefficient (Wildman–Crippen LogP) is 1.74. The highest BCUT2D eigenvalue weighted by Gasteiger charge is 2.23. The molecule has 9 nitrogen and oxygen atoms in total. The Balaban J connectivity index is 2.15. The quantitative estimate of drug-likeness (QED) is 0.460. The number of amides is 2. The van der Waals surface area contributed by atoms with Crippen LogP contribution in [0.3, 0.4) is 0 Å². The Morgan fingerprint density at radius 2 is 1.84 bits per heavy atom. The molecule has 1 heterocycles. The minimum Gasteiger partial charge on any atom is -0.352 e. The summed E-state index contributed by atoms with van der Waals surface area (Å²) in [4.78, 5) is 41.1. The van der Waals surface area contributed by atoms with E-state index in [-0.39, 0.29) is 40.9 Å². The summed E-state index contributed by atoms with van der Waals surface area (Å²) in [5.74, 6) is -1.25. The van der Waals surface area contributed by atoms with Crippen LogP contribution < -0.4 is 16.4 Å². The van der Waals surface area contributed by atoms with Crippen molar-refractivity contribution in [2.24, 2.45) is 5.73 Å². The van der Waals surface area contributed by atoms with Crippen LogP contribution in [0.5, 0.6) is 0 Å². The van der Waals surface area contributed by atoms with Crippen LogP contribution in [-0.2, 0) is 11.3 Å². The summed E-state index contributed by atoms with van der Waals surface area (Å²) in [6, 6.07) is 11.2. The maximum Gasteiger partial charge on any atom is 0.290 e. The van der Waals surface area contributed by atoms with Gasteiger partial charge in [-0.25, -0.2) is 9.67 Å². The van der Waals surface area contributed by atoms with Crippen LogP contribution in [-0.4, -0.2) is 46.0 Å². The van der Waals surface area contributed by atoms with Gasteiger partial charge in [-0.3, -0.25) is 14.4 Å². The lowest BCUT2D eigenvalue weighted by atomic mass is 10.0. The predicted molar refractivity (Wildman–Crippen MR) is 116 cm³/mol. The first-order valence-corrected chi connectivity index (χ1v) is 9.85. The van der Waals surface area contributed by atoms with Crippen molar-refractivity contribution in [1.82, 2.24) is 25.4 Å². The first kappa shape index (κ1) is 22.4. The fourth-order valence-corrected chi connectivity index (χ4v) is 3.17. The van der Waals surface area contributed by atoms with E-state index in [0.717, 1.165) is 0 Å². The van der Waals surface area contributed by atoms with Crippen LogP contribution in [0.2, 0.25) is 10.0 Å². The highest BCUT2D eigenvalue weighted by atomic mass is 35.5. The van der Waals surface area contributed by atoms with Crippen LogP contribution in [0.25, 0.3) is 5.69 Å². The van der Waals surface area contributed by atoms with Crippen molar-refractivity contribution in [2.75, 3.05) is 13.6 Å². The van der Waals surface area contributed by atoms with Crippen molar-refractivity contribution >= 4 is 40.8 Å². The van der Waals surface area contributed by atoms with E-state index >= 15 is 0 Å². The van der Waals surface area contributed by atoms with E-state index in [9.17, 15) is 14.4 Å². The molecule has 11 heteroatoms. The summed E-state index contributed by atoms with van der Waals surface area (Å²) >= 11 is 12.4. The van der Waals surface area contributed by atoms with Crippen molar-refractivity contribution < 1.29 is 14.4 Å². The molecule has 2 aromatic carbocycles. The average Bonchev–Trinajstić information content (AvgIpc) is 3.20. The number of aromatic nitrogens is 3. The largest absolute Gasteiger partial charge is 0.352 e. The summed E-state index contributed by atoms with van der Waals surface area (Å²) < 4.78 is 1.31. The van der Waals surface area contributed by atoms with Gasteiger partial charge in [-0.1, -0.05) is 35.3 Å². The van der Waals surface area contributed by atoms with Crippen LogP contribution in [0.15, 0.2) is 42.5 Å². The Bertz CT molecular complexity index is 1160. The van der Waals surface area contributed by atoms with E-state index in [1.165, 1.54) is 17.8 Å². The standard InChI is InChI=1S/C20H18Cl2N6O3/c1-24-20(31)19-26-16(10-25-17(29)9-23)28(27-19)15-7-6-11(21)8-13(15)18(30)12-4-2-3-5-14(12)22/h2-8H,9-10,23H2,1H3,(H,24,31)(H,25,29). The van der Waals surface area contributed by atoms with Gasteiger partial charge in [0.1, 0.15) is 0 Å². The van der Waals surface area contributed by atoms with Gasteiger partial charge in [0, 0.05) is 23.2 Å². The van der Waals surface area contributed by atoms with Crippen molar-refractivity contribution in [3.05, 3.63) is 75.3 Å². The first-order chi connectivity index (χ1) is 14.8. The summed E-state index contributed by atoms with van der Waals surface area (Å²) in [5.41, 5.74) is 6.11. The molecule has 160 valence electrons. The number of carbonyl (C=O) groups excluding carboxylic acids is 3. The molecule has 3 aromatic rings. The van der Waals surface area contributed by atoms with Crippen LogP contribution in [0, 0.1) is 0 Å². The molecule has 0 saturated heterocycles. The molecule has 0 aliphatic rings. The molecule has 0 spiro atoms. The number of ketones is 1. The second-order valence-electron chi connectivity index (χ2n) is 6.29. The fraction of sp³-hybridized carbons (Fsp3) is 0.150. The molecule has 4 N–H and O–H groups in total. The van der Waals surface area contributed by atoms with Gasteiger partial charge in [-0.2, -0.15) is 0 Å². The molecule has 2 amide bonds. The first-order valence-electron chi connectivity index (χ1n) is 9.09. The molecular formula is C20H18Cl2N6O3. The zero-order valence-corrected chi connectivity index (χ0v) is 17.9. The van der Waals surface area contributed by atoms with Gasteiger partial charge < -0.3 is 16.4 Å². The monoisotopic (exact) mass is 460 g/mol. The molecule has 0 bridgehead atoms. The smallest absolute Gasteiger partial charge is 0.290 e. The lowest BCUT2D eigenvalue weighted by Gasteiger charge is -2.12. The minimum absolute atomic E-state index is 0.0671. The highest BCUT2D eigenvalue weighted by molar-refractivity contribution is 6.35. The third-order valence-electron chi connectivity index (χ3n) is 4.28. The number of nitrogens with one attached hydrogen (secondary N) is 2. The summed E-state index contributed by atoms with van der Waals surface area (Å²) in [6.07, 6.45) is 0. The van der Waals surface area contributed by atoms with Crippen molar-refractivity contribution in [3.8, 4) is 5.69 Å². The highest BCUT2D eigenvalue weighted by Crippen LogP contribution is 2.26. The third kappa shape index (κ3) is 4.91. The number of benzene rings is 2. The number of nitrogens with two attached hydrogens (primary N) is 1. The maximum atomic E-state index is 13.3. The third-order valence-corrected chi connectivity index (χ3v) is 4.85. The number of carbonyl (C=O) groups is 3. The second kappa shape index (κ2) is 9.69. The van der Waals surface area contributed by atoms with Crippen LogP contribution in [0.1, 0.15) is 32.4 Å². The zero-order valence-electron chi connectivity index (χ0n) is 16.4. The van der Waals surface area contributed by atoms with Crippen molar-refractivity contribution in [3.63, 3.8) is 0 Å². The van der Waals surface area contributed by atoms with Gasteiger partial charge in [-0.05, 0) is 30.3 Å². The van der Waals surface area contributed by atoms with Gasteiger partial charge in [0.05, 0.1) is 23.8 Å². The number of halogens is 2. The molecule has 1 aromatic heterocycles. The van der Waals surface area contributed by atoms with Gasteiger partial charge in [0.15, 0.2) is 11.6 Å². The van der Waals surface area contributed by atoms with Gasteiger partial charge in [-0.15, -0.1) is 5.10 Å². The topological polar surface area (TPSA) is 132 Å². The van der Waals surface area contributed by atoms with Crippen molar-refractivity contribution in [1.29, 1.82) is 0 Å². The van der Waals surface area contributed by atoms with Crippen molar-refractivity contribution in [2.45, 2.75) is 6.54 Å². The molecule has 3 rings (SSSR count). The van der Waals surface area contributed by atoms with E-state index in [4.69, 9.17) is 28.9 Å². The van der Waals surface area contributed by atoms with E-state index in [1.807, 2.05) is 0 Å². The van der Waals surface area contributed by atoms with E-state index < -0.39 is 17.6 Å². The fourth-order valence-electron chi connectivity index (χ4n) is 2.77. The van der Waals surface area contributed by atoms with E-state index in [1.54, 1.807) is 36.4 Å². The minimum atomic E-state index is -0.530. The van der Waals surface area contributed by atoms with Crippen LogP contribution in [0.4, 0.5) is 0 Å². The summed E-state index contributed by atoms with van der Waals surface area (Å²) in [7, 11) is 1.44. The normalized spacial score (nSPS) is 10.6. The maximum absolute atomic E-state index is 13.3. The Morgan fingerprint density at radius 1 is 1.10 bits per heavy atom. The molecule has 0 atom stereocenters. The molecule has 0 saturated carbocycles. The average molecular weight is 461 g/mol. The van der Waals surface area contributed by atoms with Gasteiger partial charge in [0.2, 0.25) is 11.7 Å². The number of hydrogen-bond donors (Lipinski definition) is 3.